The van der Waals surface area contributed by atoms with E-state index in [-0.39, 0.29) is 6.04 Å². The zero-order valence-corrected chi connectivity index (χ0v) is 9.44. The Balaban J connectivity index is 1.99. The van der Waals surface area contributed by atoms with Crippen LogP contribution < -0.4 is 5.73 Å². The Bertz CT molecular complexity index is 315. The van der Waals surface area contributed by atoms with Gasteiger partial charge in [-0.25, -0.2) is 4.98 Å². The molecule has 84 valence electrons. The van der Waals surface area contributed by atoms with Crippen molar-refractivity contribution in [1.82, 2.24) is 9.88 Å². The number of aryl methyl sites for hydroxylation is 1. The lowest BCUT2D eigenvalue weighted by Gasteiger charge is -2.33. The van der Waals surface area contributed by atoms with Gasteiger partial charge in [-0.1, -0.05) is 0 Å². The molecule has 4 heteroatoms. The standard InChI is InChI=1S/C11H19N3O/c1-8-7-13-11(15-8)9(2)14-5-3-10(12)4-6-14/h7,9-10H,3-6,12H2,1-2H3. The monoisotopic (exact) mass is 209 g/mol. The number of piperidine rings is 1. The smallest absolute Gasteiger partial charge is 0.211 e. The van der Waals surface area contributed by atoms with E-state index in [9.17, 15) is 0 Å². The van der Waals surface area contributed by atoms with Crippen LogP contribution in [0.3, 0.4) is 0 Å². The lowest BCUT2D eigenvalue weighted by molar-refractivity contribution is 0.143. The number of aromatic nitrogens is 1. The van der Waals surface area contributed by atoms with Crippen LogP contribution in [0.25, 0.3) is 0 Å². The average molecular weight is 209 g/mol. The Morgan fingerprint density at radius 1 is 1.53 bits per heavy atom. The topological polar surface area (TPSA) is 55.3 Å². The fourth-order valence-electron chi connectivity index (χ4n) is 2.03. The molecule has 1 aliphatic heterocycles. The SMILES string of the molecule is Cc1cnc(C(C)N2CCC(N)CC2)o1. The maximum absolute atomic E-state index is 5.87. The van der Waals surface area contributed by atoms with Crippen LogP contribution in [0.15, 0.2) is 10.6 Å². The molecule has 0 bridgehead atoms. The summed E-state index contributed by atoms with van der Waals surface area (Å²) < 4.78 is 5.54. The minimum absolute atomic E-state index is 0.270. The van der Waals surface area contributed by atoms with Gasteiger partial charge in [0.15, 0.2) is 0 Å². The number of nitrogens with two attached hydrogens (primary N) is 1. The molecule has 0 aliphatic carbocycles. The Kier molecular flexibility index (Phi) is 3.07. The fourth-order valence-corrected chi connectivity index (χ4v) is 2.03. The Morgan fingerprint density at radius 2 is 2.20 bits per heavy atom. The first-order valence-electron chi connectivity index (χ1n) is 5.59. The highest BCUT2D eigenvalue weighted by Gasteiger charge is 2.24. The van der Waals surface area contributed by atoms with Crippen molar-refractivity contribution in [3.63, 3.8) is 0 Å². The highest BCUT2D eigenvalue weighted by atomic mass is 16.4. The third-order valence-corrected chi connectivity index (χ3v) is 3.12. The van der Waals surface area contributed by atoms with Crippen LogP contribution in [-0.4, -0.2) is 29.0 Å². The molecule has 1 aromatic heterocycles. The Hall–Kier alpha value is -0.870. The van der Waals surface area contributed by atoms with Crippen molar-refractivity contribution in [3.8, 4) is 0 Å². The van der Waals surface area contributed by atoms with E-state index >= 15 is 0 Å². The molecular formula is C11H19N3O. The maximum Gasteiger partial charge on any atom is 0.211 e. The van der Waals surface area contributed by atoms with E-state index in [0.717, 1.165) is 37.6 Å². The van der Waals surface area contributed by atoms with Gasteiger partial charge in [0.1, 0.15) is 5.76 Å². The molecule has 1 aliphatic rings. The molecule has 0 saturated carbocycles. The number of nitrogens with zero attached hydrogens (tertiary/aromatic N) is 2. The first kappa shape index (κ1) is 10.6. The van der Waals surface area contributed by atoms with Crippen LogP contribution in [0.2, 0.25) is 0 Å². The quantitative estimate of drug-likeness (QED) is 0.801. The van der Waals surface area contributed by atoms with Crippen molar-refractivity contribution >= 4 is 0 Å². The fraction of sp³-hybridized carbons (Fsp3) is 0.727. The molecule has 15 heavy (non-hydrogen) atoms. The van der Waals surface area contributed by atoms with Gasteiger partial charge in [0.05, 0.1) is 12.2 Å². The third kappa shape index (κ3) is 2.38. The summed E-state index contributed by atoms with van der Waals surface area (Å²) in [6.07, 6.45) is 3.93. The predicted octanol–water partition coefficient (Wildman–Crippen LogP) is 1.47. The van der Waals surface area contributed by atoms with Gasteiger partial charge in [0.25, 0.3) is 0 Å². The predicted molar refractivity (Wildman–Crippen MR) is 58.4 cm³/mol. The number of hydrogen-bond acceptors (Lipinski definition) is 4. The summed E-state index contributed by atoms with van der Waals surface area (Å²) >= 11 is 0. The third-order valence-electron chi connectivity index (χ3n) is 3.12. The van der Waals surface area contributed by atoms with Crippen LogP contribution in [0.5, 0.6) is 0 Å². The van der Waals surface area contributed by atoms with Gasteiger partial charge in [0.2, 0.25) is 5.89 Å². The lowest BCUT2D eigenvalue weighted by Crippen LogP contribution is -2.40. The Labute approximate surface area is 90.5 Å². The second-order valence-electron chi connectivity index (χ2n) is 4.36. The molecule has 0 amide bonds. The molecule has 0 spiro atoms. The molecule has 2 heterocycles. The molecule has 1 saturated heterocycles. The van der Waals surface area contributed by atoms with Crippen LogP contribution >= 0.6 is 0 Å². The first-order valence-corrected chi connectivity index (χ1v) is 5.59. The molecule has 1 aromatic rings. The van der Waals surface area contributed by atoms with E-state index in [2.05, 4.69) is 16.8 Å². The Morgan fingerprint density at radius 3 is 2.73 bits per heavy atom. The van der Waals surface area contributed by atoms with Crippen LogP contribution in [0.4, 0.5) is 0 Å². The van der Waals surface area contributed by atoms with E-state index in [4.69, 9.17) is 10.2 Å². The number of hydrogen-bond donors (Lipinski definition) is 1. The van der Waals surface area contributed by atoms with Crippen molar-refractivity contribution in [1.29, 1.82) is 0 Å². The second-order valence-corrected chi connectivity index (χ2v) is 4.36. The zero-order chi connectivity index (χ0) is 10.8. The van der Waals surface area contributed by atoms with E-state index in [1.165, 1.54) is 0 Å². The molecule has 0 radical (unpaired) electrons. The van der Waals surface area contributed by atoms with Crippen molar-refractivity contribution in [3.05, 3.63) is 17.8 Å². The van der Waals surface area contributed by atoms with Gasteiger partial charge in [0, 0.05) is 19.1 Å². The number of rotatable bonds is 2. The van der Waals surface area contributed by atoms with Crippen molar-refractivity contribution < 1.29 is 4.42 Å². The molecular weight excluding hydrogens is 190 g/mol. The molecule has 1 unspecified atom stereocenters. The molecule has 1 atom stereocenters. The van der Waals surface area contributed by atoms with E-state index in [0.29, 0.717) is 6.04 Å². The summed E-state index contributed by atoms with van der Waals surface area (Å²) in [7, 11) is 0. The minimum Gasteiger partial charge on any atom is -0.444 e. The molecule has 0 aromatic carbocycles. The minimum atomic E-state index is 0.270. The summed E-state index contributed by atoms with van der Waals surface area (Å²) in [5.74, 6) is 1.70. The normalized spacial score (nSPS) is 21.8. The number of likely N-dealkylation sites (tertiary alicyclic amines) is 1. The summed E-state index contributed by atoms with van der Waals surface area (Å²) in [6, 6.07) is 0.644. The van der Waals surface area contributed by atoms with Crippen LogP contribution in [0.1, 0.15) is 37.5 Å². The highest BCUT2D eigenvalue weighted by Crippen LogP contribution is 2.23. The molecule has 1 fully saturated rings. The van der Waals surface area contributed by atoms with Crippen LogP contribution in [-0.2, 0) is 0 Å². The van der Waals surface area contributed by atoms with Gasteiger partial charge in [-0.05, 0) is 26.7 Å². The van der Waals surface area contributed by atoms with E-state index in [1.807, 2.05) is 6.92 Å². The molecule has 2 N–H and O–H groups in total. The van der Waals surface area contributed by atoms with Crippen molar-refractivity contribution in [2.75, 3.05) is 13.1 Å². The highest BCUT2D eigenvalue weighted by molar-refractivity contribution is 4.96. The number of oxazole rings is 1. The summed E-state index contributed by atoms with van der Waals surface area (Å²) in [6.45, 7) is 6.16. The largest absolute Gasteiger partial charge is 0.444 e. The van der Waals surface area contributed by atoms with Crippen molar-refractivity contribution in [2.45, 2.75) is 38.8 Å². The van der Waals surface area contributed by atoms with Crippen molar-refractivity contribution in [2.24, 2.45) is 5.73 Å². The van der Waals surface area contributed by atoms with Gasteiger partial charge in [-0.15, -0.1) is 0 Å². The lowest BCUT2D eigenvalue weighted by atomic mass is 10.0. The van der Waals surface area contributed by atoms with E-state index < -0.39 is 0 Å². The van der Waals surface area contributed by atoms with Gasteiger partial charge in [-0.2, -0.15) is 0 Å². The summed E-state index contributed by atoms with van der Waals surface area (Å²) in [5, 5.41) is 0. The van der Waals surface area contributed by atoms with Crippen LogP contribution in [0, 0.1) is 6.92 Å². The molecule has 2 rings (SSSR count). The first-order chi connectivity index (χ1) is 7.16. The van der Waals surface area contributed by atoms with Gasteiger partial charge in [-0.3, -0.25) is 4.90 Å². The average Bonchev–Trinajstić information content (AvgIpc) is 2.65. The summed E-state index contributed by atoms with van der Waals surface area (Å²) in [5.41, 5.74) is 5.87. The van der Waals surface area contributed by atoms with E-state index in [1.54, 1.807) is 6.20 Å². The summed E-state index contributed by atoms with van der Waals surface area (Å²) in [4.78, 5) is 6.65. The van der Waals surface area contributed by atoms with Gasteiger partial charge < -0.3 is 10.2 Å². The molecule has 4 nitrogen and oxygen atoms in total. The van der Waals surface area contributed by atoms with Gasteiger partial charge >= 0.3 is 0 Å². The zero-order valence-electron chi connectivity index (χ0n) is 9.44. The second kappa shape index (κ2) is 4.33. The maximum atomic E-state index is 5.87.